The van der Waals surface area contributed by atoms with E-state index in [1.165, 1.54) is 26.6 Å². The summed E-state index contributed by atoms with van der Waals surface area (Å²) in [5.41, 5.74) is 8.35. The molecule has 0 saturated carbocycles. The maximum Gasteiger partial charge on any atom is 0.235 e. The second-order valence-corrected chi connectivity index (χ2v) is 11.5. The smallest absolute Gasteiger partial charge is 0.235 e. The fourth-order valence-corrected chi connectivity index (χ4v) is 7.08. The molecule has 0 saturated heterocycles. The van der Waals surface area contributed by atoms with Gasteiger partial charge in [0.05, 0.1) is 32.5 Å². The Morgan fingerprint density at radius 2 is 1.29 bits per heavy atom. The molecule has 0 amide bonds. The van der Waals surface area contributed by atoms with Crippen molar-refractivity contribution in [2.24, 2.45) is 0 Å². The molecule has 0 aliphatic rings. The molecule has 5 nitrogen and oxygen atoms in total. The highest BCUT2D eigenvalue weighted by Gasteiger charge is 2.19. The predicted molar refractivity (Wildman–Crippen MR) is 173 cm³/mol. The molecule has 0 aliphatic carbocycles. The van der Waals surface area contributed by atoms with Gasteiger partial charge in [-0.2, -0.15) is 0 Å². The molecule has 6 heteroatoms. The van der Waals surface area contributed by atoms with Crippen LogP contribution in [0.15, 0.2) is 128 Å². The fourth-order valence-electron chi connectivity index (χ4n) is 6.03. The van der Waals surface area contributed by atoms with Gasteiger partial charge in [-0.3, -0.25) is 4.57 Å². The molecular weight excluding hydrogens is 534 g/mol. The van der Waals surface area contributed by atoms with Crippen LogP contribution >= 0.6 is 11.3 Å². The Bertz CT molecular complexity index is 2460. The van der Waals surface area contributed by atoms with Crippen LogP contribution in [0.2, 0.25) is 0 Å². The topological polar surface area (TPSA) is 56.5 Å². The lowest BCUT2D eigenvalue weighted by Crippen LogP contribution is -2.03. The summed E-state index contributed by atoms with van der Waals surface area (Å²) >= 11 is 1.73. The zero-order valence-corrected chi connectivity index (χ0v) is 23.1. The Morgan fingerprint density at radius 1 is 0.548 bits per heavy atom. The lowest BCUT2D eigenvalue weighted by atomic mass is 10.0. The van der Waals surface area contributed by atoms with E-state index in [1.54, 1.807) is 17.7 Å². The van der Waals surface area contributed by atoms with Crippen molar-refractivity contribution >= 4 is 64.3 Å². The molecular formula is C36H21N5S. The second-order valence-electron chi connectivity index (χ2n) is 10.4. The Labute approximate surface area is 244 Å². The number of para-hydroxylation sites is 2. The van der Waals surface area contributed by atoms with E-state index in [0.29, 0.717) is 5.95 Å². The van der Waals surface area contributed by atoms with Crippen LogP contribution in [0.1, 0.15) is 0 Å². The Kier molecular flexibility index (Phi) is 5.00. The minimum absolute atomic E-state index is 0.649. The van der Waals surface area contributed by atoms with E-state index in [4.69, 9.17) is 9.97 Å². The van der Waals surface area contributed by atoms with Crippen LogP contribution in [0.3, 0.4) is 0 Å². The monoisotopic (exact) mass is 555 g/mol. The SMILES string of the molecule is c1ccc(-c2ccc(-c3nc(-n4c5ccccc5c5cc6sc7cncnc7c6cc54)nc4ccccc34)cc2)cc1. The summed E-state index contributed by atoms with van der Waals surface area (Å²) in [4.78, 5) is 19.3. The molecule has 4 aromatic heterocycles. The third-order valence-corrected chi connectivity index (χ3v) is 9.06. The van der Waals surface area contributed by atoms with Crippen molar-refractivity contribution in [2.75, 3.05) is 0 Å². The van der Waals surface area contributed by atoms with Gasteiger partial charge in [0, 0.05) is 38.0 Å². The van der Waals surface area contributed by atoms with Gasteiger partial charge in [-0.1, -0.05) is 91.0 Å². The largest absolute Gasteiger partial charge is 0.278 e. The number of hydrogen-bond acceptors (Lipinski definition) is 5. The van der Waals surface area contributed by atoms with Gasteiger partial charge in [0.25, 0.3) is 0 Å². The molecule has 0 aliphatic heterocycles. The predicted octanol–water partition coefficient (Wildman–Crippen LogP) is 9.22. The molecule has 4 heterocycles. The molecule has 0 unspecified atom stereocenters. The normalized spacial score (nSPS) is 11.8. The van der Waals surface area contributed by atoms with E-state index in [1.807, 2.05) is 24.4 Å². The zero-order valence-electron chi connectivity index (χ0n) is 22.3. The number of hydrogen-bond donors (Lipinski definition) is 0. The van der Waals surface area contributed by atoms with Gasteiger partial charge in [0.1, 0.15) is 6.33 Å². The number of rotatable bonds is 3. The van der Waals surface area contributed by atoms with Crippen LogP contribution in [0.4, 0.5) is 0 Å². The Morgan fingerprint density at radius 3 is 2.17 bits per heavy atom. The van der Waals surface area contributed by atoms with Gasteiger partial charge in [-0.05, 0) is 35.4 Å². The fraction of sp³-hybridized carbons (Fsp3) is 0. The minimum atomic E-state index is 0.649. The van der Waals surface area contributed by atoms with Gasteiger partial charge < -0.3 is 0 Å². The maximum absolute atomic E-state index is 5.28. The summed E-state index contributed by atoms with van der Waals surface area (Å²) in [5.74, 6) is 0.649. The second kappa shape index (κ2) is 9.03. The van der Waals surface area contributed by atoms with Gasteiger partial charge in [0.2, 0.25) is 5.95 Å². The van der Waals surface area contributed by atoms with E-state index in [9.17, 15) is 0 Å². The molecule has 42 heavy (non-hydrogen) atoms. The highest BCUT2D eigenvalue weighted by atomic mass is 32.1. The first-order valence-electron chi connectivity index (χ1n) is 13.8. The molecule has 0 bridgehead atoms. The summed E-state index contributed by atoms with van der Waals surface area (Å²) in [6.07, 6.45) is 3.52. The molecule has 9 rings (SSSR count). The number of thiophene rings is 1. The van der Waals surface area contributed by atoms with E-state index in [0.717, 1.165) is 48.8 Å². The highest BCUT2D eigenvalue weighted by Crippen LogP contribution is 2.40. The number of benzene rings is 5. The lowest BCUT2D eigenvalue weighted by molar-refractivity contribution is 1.01. The first-order chi connectivity index (χ1) is 20.8. The number of fused-ring (bicyclic) bond motifs is 7. The zero-order chi connectivity index (χ0) is 27.6. The van der Waals surface area contributed by atoms with Gasteiger partial charge in [-0.25, -0.2) is 19.9 Å². The van der Waals surface area contributed by atoms with Crippen molar-refractivity contribution in [1.29, 1.82) is 0 Å². The molecule has 5 aromatic carbocycles. The minimum Gasteiger partial charge on any atom is -0.278 e. The Hall–Kier alpha value is -5.46. The lowest BCUT2D eigenvalue weighted by Gasteiger charge is -2.12. The Balaban J connectivity index is 1.32. The molecule has 0 spiro atoms. The summed E-state index contributed by atoms with van der Waals surface area (Å²) < 4.78 is 4.47. The standard InChI is InChI=1S/C36H21N5S/c1-2-8-22(9-3-1)23-14-16-24(17-15-23)34-26-11-4-6-12-29(26)39-36(40-34)41-30-13-7-5-10-25(30)27-19-32-28(18-31(27)41)35-33(42-32)20-37-21-38-35/h1-21H. The van der Waals surface area contributed by atoms with Crippen LogP contribution in [0, 0.1) is 0 Å². The maximum atomic E-state index is 5.28. The van der Waals surface area contributed by atoms with E-state index in [-0.39, 0.29) is 0 Å². The van der Waals surface area contributed by atoms with Gasteiger partial charge in [-0.15, -0.1) is 11.3 Å². The van der Waals surface area contributed by atoms with Gasteiger partial charge >= 0.3 is 0 Å². The molecule has 0 atom stereocenters. The number of aromatic nitrogens is 5. The van der Waals surface area contributed by atoms with Crippen molar-refractivity contribution < 1.29 is 0 Å². The average Bonchev–Trinajstić information content (AvgIpc) is 3.58. The quantitative estimate of drug-likeness (QED) is 0.218. The molecule has 196 valence electrons. The van der Waals surface area contributed by atoms with E-state index >= 15 is 0 Å². The van der Waals surface area contributed by atoms with Crippen LogP contribution in [-0.2, 0) is 0 Å². The summed E-state index contributed by atoms with van der Waals surface area (Å²) in [6.45, 7) is 0. The van der Waals surface area contributed by atoms with Crippen molar-refractivity contribution in [2.45, 2.75) is 0 Å². The van der Waals surface area contributed by atoms with Crippen molar-refractivity contribution in [3.63, 3.8) is 0 Å². The third-order valence-electron chi connectivity index (χ3n) is 7.98. The van der Waals surface area contributed by atoms with Crippen molar-refractivity contribution in [3.8, 4) is 28.3 Å². The highest BCUT2D eigenvalue weighted by molar-refractivity contribution is 7.25. The molecule has 9 aromatic rings. The molecule has 0 N–H and O–H groups in total. The van der Waals surface area contributed by atoms with Crippen LogP contribution in [-0.4, -0.2) is 24.5 Å². The summed E-state index contributed by atoms with van der Waals surface area (Å²) in [5, 5.41) is 4.48. The summed E-state index contributed by atoms with van der Waals surface area (Å²) in [7, 11) is 0. The van der Waals surface area contributed by atoms with Crippen LogP contribution in [0.25, 0.3) is 81.3 Å². The average molecular weight is 556 g/mol. The van der Waals surface area contributed by atoms with Crippen LogP contribution in [0.5, 0.6) is 0 Å². The first kappa shape index (κ1) is 23.3. The van der Waals surface area contributed by atoms with E-state index < -0.39 is 0 Å². The van der Waals surface area contributed by atoms with Crippen molar-refractivity contribution in [3.05, 3.63) is 128 Å². The van der Waals surface area contributed by atoms with Crippen LogP contribution < -0.4 is 0 Å². The number of nitrogens with zero attached hydrogens (tertiary/aromatic N) is 5. The van der Waals surface area contributed by atoms with E-state index in [2.05, 4.69) is 112 Å². The van der Waals surface area contributed by atoms with Gasteiger partial charge in [0.15, 0.2) is 0 Å². The first-order valence-corrected chi connectivity index (χ1v) is 14.6. The van der Waals surface area contributed by atoms with Crippen molar-refractivity contribution in [1.82, 2.24) is 24.5 Å². The third kappa shape index (κ3) is 3.49. The molecule has 0 radical (unpaired) electrons. The molecule has 0 fully saturated rings. The summed E-state index contributed by atoms with van der Waals surface area (Å²) in [6, 6.07) is 40.4.